The van der Waals surface area contributed by atoms with E-state index < -0.39 is 0 Å². The van der Waals surface area contributed by atoms with E-state index in [1.807, 2.05) is 0 Å². The van der Waals surface area contributed by atoms with Crippen LogP contribution in [0.2, 0.25) is 5.02 Å². The van der Waals surface area contributed by atoms with Crippen LogP contribution in [0.15, 0.2) is 24.5 Å². The molecule has 3 N–H and O–H groups in total. The number of nitrogen functional groups attached to an aromatic ring is 1. The van der Waals surface area contributed by atoms with Gasteiger partial charge in [-0.1, -0.05) is 11.6 Å². The second-order valence-electron chi connectivity index (χ2n) is 3.64. The first-order chi connectivity index (χ1) is 9.13. The number of nitrogens with two attached hydrogens (primary N) is 1. The Morgan fingerprint density at radius 2 is 1.84 bits per heavy atom. The van der Waals surface area contributed by atoms with Gasteiger partial charge in [-0.05, 0) is 6.07 Å². The second-order valence-corrected chi connectivity index (χ2v) is 4.05. The van der Waals surface area contributed by atoms with Gasteiger partial charge in [0, 0.05) is 6.07 Å². The van der Waals surface area contributed by atoms with Gasteiger partial charge in [0.1, 0.15) is 23.1 Å². The maximum Gasteiger partial charge on any atom is 0.149 e. The number of ether oxygens (including phenoxy) is 2. The minimum Gasteiger partial charge on any atom is -0.495 e. The van der Waals surface area contributed by atoms with Crippen molar-refractivity contribution in [2.45, 2.75) is 0 Å². The number of methoxy groups -OCH3 is 2. The molecule has 0 atom stereocenters. The van der Waals surface area contributed by atoms with Gasteiger partial charge in [0.15, 0.2) is 0 Å². The molecular weight excluding hydrogens is 268 g/mol. The van der Waals surface area contributed by atoms with Crippen molar-refractivity contribution in [2.75, 3.05) is 25.3 Å². The molecule has 0 aliphatic carbocycles. The quantitative estimate of drug-likeness (QED) is 0.895. The predicted octanol–water partition coefficient (Wildman–Crippen LogP) is 2.47. The van der Waals surface area contributed by atoms with Crippen molar-refractivity contribution in [3.05, 3.63) is 29.5 Å². The van der Waals surface area contributed by atoms with Crippen LogP contribution in [0.1, 0.15) is 0 Å². The molecule has 7 heteroatoms. The van der Waals surface area contributed by atoms with E-state index in [0.717, 1.165) is 0 Å². The molecule has 0 radical (unpaired) electrons. The van der Waals surface area contributed by atoms with Crippen molar-refractivity contribution in [1.82, 2.24) is 9.97 Å². The van der Waals surface area contributed by atoms with Crippen molar-refractivity contribution in [2.24, 2.45) is 0 Å². The lowest BCUT2D eigenvalue weighted by Crippen LogP contribution is -1.99. The summed E-state index contributed by atoms with van der Waals surface area (Å²) in [7, 11) is 3.10. The molecule has 0 aliphatic heterocycles. The Morgan fingerprint density at radius 1 is 1.11 bits per heavy atom. The van der Waals surface area contributed by atoms with Gasteiger partial charge in [0.25, 0.3) is 0 Å². The van der Waals surface area contributed by atoms with Crippen molar-refractivity contribution < 1.29 is 9.47 Å². The maximum absolute atomic E-state index is 6.07. The number of halogens is 1. The van der Waals surface area contributed by atoms with E-state index in [4.69, 9.17) is 26.8 Å². The Hall–Kier alpha value is -2.21. The lowest BCUT2D eigenvalue weighted by atomic mass is 10.2. The fourth-order valence-electron chi connectivity index (χ4n) is 1.50. The van der Waals surface area contributed by atoms with E-state index >= 15 is 0 Å². The van der Waals surface area contributed by atoms with Crippen LogP contribution in [-0.4, -0.2) is 24.2 Å². The van der Waals surface area contributed by atoms with E-state index in [1.165, 1.54) is 12.4 Å². The molecule has 0 aliphatic rings. The average Bonchev–Trinajstić information content (AvgIpc) is 2.42. The molecule has 1 aromatic heterocycles. The normalized spacial score (nSPS) is 10.1. The summed E-state index contributed by atoms with van der Waals surface area (Å²) in [6.45, 7) is 0. The predicted molar refractivity (Wildman–Crippen MR) is 74.3 cm³/mol. The Balaban J connectivity index is 2.33. The molecule has 0 spiro atoms. The smallest absolute Gasteiger partial charge is 0.149 e. The largest absolute Gasteiger partial charge is 0.495 e. The Bertz CT molecular complexity index is 575. The fourth-order valence-corrected chi connectivity index (χ4v) is 1.74. The van der Waals surface area contributed by atoms with Crippen molar-refractivity contribution in [3.8, 4) is 11.5 Å². The second kappa shape index (κ2) is 5.62. The summed E-state index contributed by atoms with van der Waals surface area (Å²) < 4.78 is 10.4. The minimum atomic E-state index is 0.352. The Labute approximate surface area is 115 Å². The summed E-state index contributed by atoms with van der Waals surface area (Å²) in [6, 6.07) is 3.38. The first-order valence-corrected chi connectivity index (χ1v) is 5.78. The molecule has 0 saturated heterocycles. The van der Waals surface area contributed by atoms with E-state index in [-0.39, 0.29) is 0 Å². The van der Waals surface area contributed by atoms with Crippen molar-refractivity contribution in [1.29, 1.82) is 0 Å². The number of hydrogen-bond acceptors (Lipinski definition) is 6. The van der Waals surface area contributed by atoms with Gasteiger partial charge in [-0.3, -0.25) is 0 Å². The molecule has 100 valence electrons. The third kappa shape index (κ3) is 2.97. The molecular formula is C12H13ClN4O2. The van der Waals surface area contributed by atoms with Gasteiger partial charge >= 0.3 is 0 Å². The monoisotopic (exact) mass is 280 g/mol. The van der Waals surface area contributed by atoms with Crippen molar-refractivity contribution >= 4 is 28.9 Å². The first-order valence-electron chi connectivity index (χ1n) is 5.40. The standard InChI is InChI=1S/C12H13ClN4O2/c1-18-9-4-10(19-2)8(3-7(9)13)17-12-6-15-11(14)5-16-12/h3-6H,1-2H3,(H2,14,15)(H,16,17). The summed E-state index contributed by atoms with van der Waals surface area (Å²) in [5, 5.41) is 3.52. The number of benzene rings is 1. The zero-order valence-electron chi connectivity index (χ0n) is 10.5. The van der Waals surface area contributed by atoms with Crippen LogP contribution >= 0.6 is 11.6 Å². The summed E-state index contributed by atoms with van der Waals surface area (Å²) in [6.07, 6.45) is 2.98. The number of aromatic nitrogens is 2. The highest BCUT2D eigenvalue weighted by Gasteiger charge is 2.10. The van der Waals surface area contributed by atoms with Crippen LogP contribution < -0.4 is 20.5 Å². The van der Waals surface area contributed by atoms with Gasteiger partial charge in [-0.2, -0.15) is 0 Å². The number of hydrogen-bond donors (Lipinski definition) is 2. The van der Waals surface area contributed by atoms with Crippen LogP contribution in [0.4, 0.5) is 17.3 Å². The number of anilines is 3. The number of rotatable bonds is 4. The molecule has 0 amide bonds. The molecule has 6 nitrogen and oxygen atoms in total. The molecule has 0 fully saturated rings. The number of nitrogens with one attached hydrogen (secondary N) is 1. The first kappa shape index (κ1) is 13.2. The fraction of sp³-hybridized carbons (Fsp3) is 0.167. The average molecular weight is 281 g/mol. The van der Waals surface area contributed by atoms with Crippen LogP contribution in [0.5, 0.6) is 11.5 Å². The zero-order valence-corrected chi connectivity index (χ0v) is 11.2. The van der Waals surface area contributed by atoms with Gasteiger partial charge in [-0.25, -0.2) is 9.97 Å². The van der Waals surface area contributed by atoms with E-state index in [9.17, 15) is 0 Å². The minimum absolute atomic E-state index is 0.352. The lowest BCUT2D eigenvalue weighted by Gasteiger charge is -2.13. The van der Waals surface area contributed by atoms with Crippen molar-refractivity contribution in [3.63, 3.8) is 0 Å². The van der Waals surface area contributed by atoms with Gasteiger partial charge in [-0.15, -0.1) is 0 Å². The van der Waals surface area contributed by atoms with Crippen LogP contribution in [0.25, 0.3) is 0 Å². The molecule has 1 heterocycles. The van der Waals surface area contributed by atoms with Gasteiger partial charge in [0.2, 0.25) is 0 Å². The van der Waals surface area contributed by atoms with Crippen LogP contribution in [0.3, 0.4) is 0 Å². The SMILES string of the molecule is COc1cc(OC)c(Nc2cnc(N)cn2)cc1Cl. The molecule has 0 saturated carbocycles. The van der Waals surface area contributed by atoms with E-state index in [0.29, 0.717) is 33.8 Å². The summed E-state index contributed by atoms with van der Waals surface area (Å²) in [5.41, 5.74) is 6.13. The third-order valence-electron chi connectivity index (χ3n) is 2.41. The van der Waals surface area contributed by atoms with E-state index in [1.54, 1.807) is 26.4 Å². The highest BCUT2D eigenvalue weighted by molar-refractivity contribution is 6.32. The van der Waals surface area contributed by atoms with Gasteiger partial charge in [0.05, 0.1) is 37.3 Å². The molecule has 0 unspecified atom stereocenters. The number of nitrogens with zero attached hydrogens (tertiary/aromatic N) is 2. The summed E-state index contributed by atoms with van der Waals surface area (Å²) >= 11 is 6.07. The molecule has 1 aromatic carbocycles. The lowest BCUT2D eigenvalue weighted by molar-refractivity contribution is 0.396. The topological polar surface area (TPSA) is 82.3 Å². The molecule has 19 heavy (non-hydrogen) atoms. The van der Waals surface area contributed by atoms with Gasteiger partial charge < -0.3 is 20.5 Å². The van der Waals surface area contributed by atoms with E-state index in [2.05, 4.69) is 15.3 Å². The molecule has 0 bridgehead atoms. The third-order valence-corrected chi connectivity index (χ3v) is 2.70. The molecule has 2 rings (SSSR count). The highest BCUT2D eigenvalue weighted by atomic mass is 35.5. The van der Waals surface area contributed by atoms with Crippen LogP contribution in [-0.2, 0) is 0 Å². The van der Waals surface area contributed by atoms with Crippen LogP contribution in [0, 0.1) is 0 Å². The Morgan fingerprint density at radius 3 is 2.42 bits per heavy atom. The summed E-state index contributed by atoms with van der Waals surface area (Å²) in [4.78, 5) is 8.03. The Kier molecular flexibility index (Phi) is 3.91. The molecule has 2 aromatic rings. The maximum atomic E-state index is 6.07. The summed E-state index contributed by atoms with van der Waals surface area (Å²) in [5.74, 6) is 2.01. The zero-order chi connectivity index (χ0) is 13.8. The highest BCUT2D eigenvalue weighted by Crippen LogP contribution is 2.36.